The third-order valence-electron chi connectivity index (χ3n) is 3.05. The minimum absolute atomic E-state index is 0.114. The monoisotopic (exact) mass is 301 g/mol. The topological polar surface area (TPSA) is 49.3 Å². The molecular weight excluding hydrogens is 281 g/mol. The summed E-state index contributed by atoms with van der Waals surface area (Å²) in [5, 5.41) is 15.0. The highest BCUT2D eigenvalue weighted by Gasteiger charge is 2.30. The smallest absolute Gasteiger partial charge is 0.325 e. The van der Waals surface area contributed by atoms with E-state index in [4.69, 9.17) is 0 Å². The number of hydrogen-bond acceptors (Lipinski definition) is 2. The molecular formula is C17H20NO2P. The van der Waals surface area contributed by atoms with Crippen molar-refractivity contribution in [2.45, 2.75) is 25.7 Å². The molecule has 2 N–H and O–H groups in total. The van der Waals surface area contributed by atoms with Crippen molar-refractivity contribution in [2.75, 3.05) is 0 Å². The molecule has 2 aromatic rings. The lowest BCUT2D eigenvalue weighted by atomic mass is 10.4. The first-order valence-electron chi connectivity index (χ1n) is 6.98. The number of aliphatic carboxylic acids is 1. The van der Waals surface area contributed by atoms with Gasteiger partial charge in [0.1, 0.15) is 5.78 Å². The molecule has 2 rings (SSSR count). The zero-order chi connectivity index (χ0) is 15.2. The molecule has 110 valence electrons. The van der Waals surface area contributed by atoms with Gasteiger partial charge in [0.05, 0.1) is 0 Å². The molecule has 4 heteroatoms. The Kier molecular flexibility index (Phi) is 5.49. The Labute approximate surface area is 126 Å². The molecule has 0 saturated carbocycles. The SMILES string of the molecule is CC(C)NC(C(=O)O)P(c1ccccc1)c1ccccc1. The number of carboxylic acids is 1. The number of rotatable bonds is 6. The van der Waals surface area contributed by atoms with Crippen LogP contribution in [0.1, 0.15) is 13.8 Å². The molecule has 0 aromatic heterocycles. The summed E-state index contributed by atoms with van der Waals surface area (Å²) in [4.78, 5) is 11.8. The summed E-state index contributed by atoms with van der Waals surface area (Å²) in [6.07, 6.45) is 0. The van der Waals surface area contributed by atoms with E-state index in [1.165, 1.54) is 0 Å². The van der Waals surface area contributed by atoms with Crippen LogP contribution >= 0.6 is 7.92 Å². The fourth-order valence-corrected chi connectivity index (χ4v) is 4.75. The Balaban J connectivity index is 2.47. The fraction of sp³-hybridized carbons (Fsp3) is 0.235. The average molecular weight is 301 g/mol. The summed E-state index contributed by atoms with van der Waals surface area (Å²) in [5.41, 5.74) is 0. The maximum absolute atomic E-state index is 11.8. The first kappa shape index (κ1) is 15.7. The first-order valence-corrected chi connectivity index (χ1v) is 8.39. The lowest BCUT2D eigenvalue weighted by molar-refractivity contribution is -0.137. The Morgan fingerprint density at radius 2 is 1.38 bits per heavy atom. The fourth-order valence-electron chi connectivity index (χ4n) is 2.20. The van der Waals surface area contributed by atoms with Gasteiger partial charge in [-0.3, -0.25) is 10.1 Å². The molecule has 0 saturated heterocycles. The molecule has 0 bridgehead atoms. The van der Waals surface area contributed by atoms with Gasteiger partial charge < -0.3 is 5.11 Å². The second-order valence-corrected chi connectivity index (χ2v) is 7.39. The third kappa shape index (κ3) is 4.13. The van der Waals surface area contributed by atoms with E-state index < -0.39 is 19.7 Å². The quantitative estimate of drug-likeness (QED) is 0.806. The number of hydrogen-bond donors (Lipinski definition) is 2. The van der Waals surface area contributed by atoms with Crippen molar-refractivity contribution in [3.63, 3.8) is 0 Å². The number of carboxylic acid groups (broad SMARTS) is 1. The van der Waals surface area contributed by atoms with E-state index in [1.807, 2.05) is 74.5 Å². The predicted octanol–water partition coefficient (Wildman–Crippen LogP) is 2.53. The molecule has 1 atom stereocenters. The third-order valence-corrected chi connectivity index (χ3v) is 5.65. The average Bonchev–Trinajstić information content (AvgIpc) is 2.48. The van der Waals surface area contributed by atoms with E-state index >= 15 is 0 Å². The van der Waals surface area contributed by atoms with Crippen LogP contribution in [0.3, 0.4) is 0 Å². The number of nitrogens with one attached hydrogen (secondary N) is 1. The standard InChI is InChI=1S/C17H20NO2P/c1-13(2)18-16(17(19)20)21(14-9-5-3-6-10-14)15-11-7-4-8-12-15/h3-13,16,18H,1-2H3,(H,19,20). The lowest BCUT2D eigenvalue weighted by Gasteiger charge is -2.27. The van der Waals surface area contributed by atoms with Crippen molar-refractivity contribution in [1.29, 1.82) is 0 Å². The van der Waals surface area contributed by atoms with Crippen molar-refractivity contribution in [1.82, 2.24) is 5.32 Å². The van der Waals surface area contributed by atoms with E-state index in [1.54, 1.807) is 0 Å². The first-order chi connectivity index (χ1) is 10.1. The van der Waals surface area contributed by atoms with Crippen LogP contribution in [0.25, 0.3) is 0 Å². The van der Waals surface area contributed by atoms with Crippen LogP contribution < -0.4 is 15.9 Å². The van der Waals surface area contributed by atoms with E-state index in [0.717, 1.165) is 10.6 Å². The second-order valence-electron chi connectivity index (χ2n) is 5.10. The van der Waals surface area contributed by atoms with Crippen molar-refractivity contribution in [3.05, 3.63) is 60.7 Å². The normalized spacial score (nSPS) is 12.6. The molecule has 0 spiro atoms. The van der Waals surface area contributed by atoms with Crippen LogP contribution in [0.15, 0.2) is 60.7 Å². The highest BCUT2D eigenvalue weighted by molar-refractivity contribution is 7.74. The Morgan fingerprint density at radius 3 is 1.71 bits per heavy atom. The molecule has 0 fully saturated rings. The second kappa shape index (κ2) is 7.35. The van der Waals surface area contributed by atoms with Gasteiger partial charge >= 0.3 is 5.97 Å². The van der Waals surface area contributed by atoms with Crippen LogP contribution in [0.5, 0.6) is 0 Å². The Morgan fingerprint density at radius 1 is 0.952 bits per heavy atom. The van der Waals surface area contributed by atoms with Gasteiger partial charge in [0, 0.05) is 6.04 Å². The van der Waals surface area contributed by atoms with Gasteiger partial charge in [-0.15, -0.1) is 0 Å². The van der Waals surface area contributed by atoms with Gasteiger partial charge in [-0.25, -0.2) is 0 Å². The van der Waals surface area contributed by atoms with Crippen LogP contribution in [-0.2, 0) is 4.79 Å². The van der Waals surface area contributed by atoms with Crippen molar-refractivity contribution in [3.8, 4) is 0 Å². The highest BCUT2D eigenvalue weighted by Crippen LogP contribution is 2.38. The van der Waals surface area contributed by atoms with Gasteiger partial charge in [-0.05, 0) is 32.4 Å². The molecule has 0 aliphatic heterocycles. The summed E-state index contributed by atoms with van der Waals surface area (Å²) in [6, 6.07) is 19.9. The van der Waals surface area contributed by atoms with Crippen molar-refractivity contribution in [2.24, 2.45) is 0 Å². The Bertz CT molecular complexity index is 532. The van der Waals surface area contributed by atoms with E-state index in [0.29, 0.717) is 0 Å². The zero-order valence-electron chi connectivity index (χ0n) is 12.2. The van der Waals surface area contributed by atoms with Gasteiger partial charge in [-0.2, -0.15) is 0 Å². The van der Waals surface area contributed by atoms with E-state index in [9.17, 15) is 9.90 Å². The zero-order valence-corrected chi connectivity index (χ0v) is 13.1. The van der Waals surface area contributed by atoms with Crippen LogP contribution in [0.4, 0.5) is 0 Å². The molecule has 0 amide bonds. The minimum atomic E-state index is -0.997. The van der Waals surface area contributed by atoms with E-state index in [2.05, 4.69) is 5.32 Å². The molecule has 0 radical (unpaired) electrons. The number of carbonyl (C=O) groups is 1. The summed E-state index contributed by atoms with van der Waals surface area (Å²) in [6.45, 7) is 3.94. The number of benzene rings is 2. The Hall–Kier alpha value is -1.70. The highest BCUT2D eigenvalue weighted by atomic mass is 31.1. The molecule has 2 aromatic carbocycles. The molecule has 3 nitrogen and oxygen atoms in total. The maximum atomic E-state index is 11.8. The predicted molar refractivity (Wildman–Crippen MR) is 88.8 cm³/mol. The summed E-state index contributed by atoms with van der Waals surface area (Å²) < 4.78 is 0. The molecule has 0 aliphatic rings. The van der Waals surface area contributed by atoms with Crippen LogP contribution in [0.2, 0.25) is 0 Å². The van der Waals surface area contributed by atoms with Crippen LogP contribution in [0, 0.1) is 0 Å². The molecule has 0 aliphatic carbocycles. The van der Waals surface area contributed by atoms with E-state index in [-0.39, 0.29) is 6.04 Å². The summed E-state index contributed by atoms with van der Waals surface area (Å²) >= 11 is 0. The summed E-state index contributed by atoms with van der Waals surface area (Å²) in [7, 11) is -0.997. The molecule has 0 heterocycles. The largest absolute Gasteiger partial charge is 0.480 e. The van der Waals surface area contributed by atoms with Crippen molar-refractivity contribution >= 4 is 24.5 Å². The minimum Gasteiger partial charge on any atom is -0.480 e. The van der Waals surface area contributed by atoms with Crippen molar-refractivity contribution < 1.29 is 9.90 Å². The summed E-state index contributed by atoms with van der Waals surface area (Å²) in [5.74, 6) is -1.40. The molecule has 1 unspecified atom stereocenters. The van der Waals surface area contributed by atoms with Crippen LogP contribution in [-0.4, -0.2) is 22.9 Å². The lowest BCUT2D eigenvalue weighted by Crippen LogP contribution is -2.43. The van der Waals surface area contributed by atoms with Gasteiger partial charge in [0.15, 0.2) is 0 Å². The van der Waals surface area contributed by atoms with Gasteiger partial charge in [0.2, 0.25) is 0 Å². The molecule has 21 heavy (non-hydrogen) atoms. The van der Waals surface area contributed by atoms with Gasteiger partial charge in [0.25, 0.3) is 0 Å². The van der Waals surface area contributed by atoms with Gasteiger partial charge in [-0.1, -0.05) is 60.7 Å². The maximum Gasteiger partial charge on any atom is 0.325 e.